The Labute approximate surface area is 401 Å². The van der Waals surface area contributed by atoms with Crippen LogP contribution in [0.2, 0.25) is 0 Å². The van der Waals surface area contributed by atoms with Gasteiger partial charge in [0.1, 0.15) is 0 Å². The van der Waals surface area contributed by atoms with Crippen LogP contribution in [0, 0.1) is 10.2 Å². The van der Waals surface area contributed by atoms with Crippen LogP contribution in [0.15, 0.2) is 0 Å². The van der Waals surface area contributed by atoms with Crippen molar-refractivity contribution >= 4 is 28.6 Å². The van der Waals surface area contributed by atoms with E-state index < -0.39 is 38.8 Å². The molecule has 0 saturated heterocycles. The van der Waals surface area contributed by atoms with Gasteiger partial charge in [0.15, 0.2) is 0 Å². The molecular formula is C48H111ClMnO8P4+2. The second-order valence-corrected chi connectivity index (χ2v) is 32.3. The van der Waals surface area contributed by atoms with Crippen LogP contribution < -0.4 is 4.66 Å². The molecular weight excluding hydrogens is 919 g/mol. The number of unbranched alkanes of at least 4 members (excludes halogenated alkanes) is 12. The van der Waals surface area contributed by atoms with Crippen molar-refractivity contribution in [1.29, 1.82) is 0 Å². The summed E-state index contributed by atoms with van der Waals surface area (Å²) in [7, 11) is -11.3. The SMILES string of the molecule is CCCCP(=O)(CCCC)CCCC.CCCCP(=O)(CCCC)CCCC.CCCCP(=O)(CCCC)CCCC.CCCCP(=O)(CCCC)CCCC.[Mn+2].[O-][Cl+](O)(O)O. The Kier molecular flexibility index (Phi) is 62.9. The summed E-state index contributed by atoms with van der Waals surface area (Å²) in [6.45, 7) is 26.2. The van der Waals surface area contributed by atoms with E-state index in [-0.39, 0.29) is 17.1 Å². The molecule has 0 heterocycles. The molecule has 0 bridgehead atoms. The number of rotatable bonds is 36. The van der Waals surface area contributed by atoms with E-state index in [1.54, 1.807) is 0 Å². The van der Waals surface area contributed by atoms with Gasteiger partial charge in [-0.25, -0.2) is 0 Å². The molecule has 1 radical (unpaired) electrons. The summed E-state index contributed by atoms with van der Waals surface area (Å²) in [5.41, 5.74) is 0. The van der Waals surface area contributed by atoms with E-state index in [4.69, 9.17) is 18.6 Å². The maximum absolute atomic E-state index is 12.5. The van der Waals surface area contributed by atoms with Gasteiger partial charge in [-0.15, -0.1) is 0 Å². The minimum atomic E-state index is -4.19. The first kappa shape index (κ1) is 75.1. The van der Waals surface area contributed by atoms with Crippen molar-refractivity contribution in [3.63, 3.8) is 0 Å². The predicted molar refractivity (Wildman–Crippen MR) is 274 cm³/mol. The van der Waals surface area contributed by atoms with Crippen LogP contribution in [0.4, 0.5) is 0 Å². The van der Waals surface area contributed by atoms with Gasteiger partial charge in [0, 0.05) is 73.9 Å². The Morgan fingerprint density at radius 3 is 0.387 bits per heavy atom. The Morgan fingerprint density at radius 1 is 0.274 bits per heavy atom. The van der Waals surface area contributed by atoms with Gasteiger partial charge in [0.05, 0.1) is 28.6 Å². The number of hydrogen-bond acceptors (Lipinski definition) is 8. The van der Waals surface area contributed by atoms with Crippen molar-refractivity contribution in [3.8, 4) is 0 Å². The maximum atomic E-state index is 12.5. The fourth-order valence-corrected chi connectivity index (χ4v) is 20.1. The molecule has 0 saturated carbocycles. The van der Waals surface area contributed by atoms with Gasteiger partial charge in [-0.1, -0.05) is 160 Å². The summed E-state index contributed by atoms with van der Waals surface area (Å²) in [4.78, 5) is 0. The summed E-state index contributed by atoms with van der Waals surface area (Å²) in [5, 5.41) is 0. The molecule has 0 rings (SSSR count). The first-order chi connectivity index (χ1) is 28.7. The van der Waals surface area contributed by atoms with E-state index in [1.165, 1.54) is 77.0 Å². The molecule has 0 aromatic heterocycles. The second kappa shape index (κ2) is 52.0. The van der Waals surface area contributed by atoms with Crippen LogP contribution in [0.1, 0.15) is 237 Å². The van der Waals surface area contributed by atoms with Crippen LogP contribution in [0.3, 0.4) is 0 Å². The van der Waals surface area contributed by atoms with Gasteiger partial charge in [0.25, 0.3) is 0 Å². The fourth-order valence-electron chi connectivity index (χ4n) is 6.70. The van der Waals surface area contributed by atoms with Gasteiger partial charge in [-0.3, -0.25) is 0 Å². The van der Waals surface area contributed by atoms with E-state index in [9.17, 15) is 18.3 Å². The third-order valence-electron chi connectivity index (χ3n) is 11.0. The average molecular weight is 1030 g/mol. The van der Waals surface area contributed by atoms with Crippen LogP contribution >= 0.6 is 28.6 Å². The molecule has 0 amide bonds. The molecule has 0 aromatic carbocycles. The molecule has 14 heteroatoms. The zero-order valence-corrected chi connectivity index (χ0v) is 48.9. The molecule has 0 unspecified atom stereocenters. The van der Waals surface area contributed by atoms with Gasteiger partial charge >= 0.3 is 45.9 Å². The van der Waals surface area contributed by atoms with Crippen LogP contribution in [-0.2, 0) is 35.3 Å². The van der Waals surface area contributed by atoms with Crippen molar-refractivity contribution in [1.82, 2.24) is 0 Å². The molecule has 3 N–H and O–H groups in total. The molecule has 0 aliphatic rings. The quantitative estimate of drug-likeness (QED) is 0.0414. The van der Waals surface area contributed by atoms with Gasteiger partial charge in [0.2, 0.25) is 0 Å². The number of hydrogen-bond donors (Lipinski definition) is 3. The minimum absolute atomic E-state index is 0. The molecule has 0 aliphatic carbocycles. The average Bonchev–Trinajstić information content (AvgIpc) is 3.23. The number of halogens is 1. The molecule has 0 fully saturated rings. The van der Waals surface area contributed by atoms with Crippen LogP contribution in [0.5, 0.6) is 0 Å². The monoisotopic (exact) mass is 1030 g/mol. The molecule has 0 aliphatic heterocycles. The zero-order valence-electron chi connectivity index (χ0n) is 43.4. The molecule has 8 nitrogen and oxygen atoms in total. The summed E-state index contributed by atoms with van der Waals surface area (Å²) >= 11 is 0. The third-order valence-corrected chi connectivity index (χ3v) is 24.6. The van der Waals surface area contributed by atoms with E-state index in [1.807, 2.05) is 0 Å². The molecule has 0 atom stereocenters. The summed E-state index contributed by atoms with van der Waals surface area (Å²) in [6.07, 6.45) is 40.1. The first-order valence-electron chi connectivity index (χ1n) is 25.7. The van der Waals surface area contributed by atoms with Crippen molar-refractivity contribution in [3.05, 3.63) is 0 Å². The molecule has 62 heavy (non-hydrogen) atoms. The van der Waals surface area contributed by atoms with Crippen molar-refractivity contribution in [2.45, 2.75) is 237 Å². The van der Waals surface area contributed by atoms with Crippen molar-refractivity contribution in [2.24, 2.45) is 0 Å². The summed E-state index contributed by atoms with van der Waals surface area (Å²) in [6, 6.07) is 0. The molecule has 0 spiro atoms. The fraction of sp³-hybridized carbons (Fsp3) is 1.00. The molecule has 383 valence electrons. The Balaban J connectivity index is -0.000000161. The van der Waals surface area contributed by atoms with Gasteiger partial charge < -0.3 is 18.3 Å². The Morgan fingerprint density at radius 2 is 0.339 bits per heavy atom. The van der Waals surface area contributed by atoms with E-state index >= 15 is 0 Å². The van der Waals surface area contributed by atoms with Gasteiger partial charge in [-0.2, -0.15) is 0 Å². The Hall–Kier alpha value is 1.57. The van der Waals surface area contributed by atoms with Crippen molar-refractivity contribution < 1.29 is 64.2 Å². The topological polar surface area (TPSA) is 152 Å². The van der Waals surface area contributed by atoms with E-state index in [0.717, 1.165) is 151 Å². The predicted octanol–water partition coefficient (Wildman–Crippen LogP) is 16.1. The Bertz CT molecular complexity index is 806. The normalized spacial score (nSPS) is 12.0. The van der Waals surface area contributed by atoms with E-state index in [2.05, 4.69) is 83.1 Å². The molecule has 0 aromatic rings. The standard InChI is InChI=1S/4C12H27OP.ClH3O4.Mn/c4*1-4-7-10-14(13,11-8-5-2)12-9-6-3;2-1(3,4)5;/h4*4-12H2,1-3H3;2-4H;/q;;;;;+2. The van der Waals surface area contributed by atoms with Crippen LogP contribution in [0.25, 0.3) is 0 Å². The van der Waals surface area contributed by atoms with Crippen molar-refractivity contribution in [2.75, 3.05) is 73.9 Å². The van der Waals surface area contributed by atoms with Gasteiger partial charge in [-0.05, 0) is 77.0 Å². The second-order valence-electron chi connectivity index (χ2n) is 17.6. The first-order valence-corrected chi connectivity index (χ1v) is 36.0. The summed E-state index contributed by atoms with van der Waals surface area (Å²) < 4.78 is 80.2. The third kappa shape index (κ3) is 59.6. The zero-order chi connectivity index (χ0) is 48.0. The van der Waals surface area contributed by atoms with Crippen LogP contribution in [-0.4, -0.2) is 87.9 Å². The van der Waals surface area contributed by atoms with E-state index in [0.29, 0.717) is 0 Å². The summed E-state index contributed by atoms with van der Waals surface area (Å²) in [5.74, 6) is 0.